The molecule has 0 saturated carbocycles. The van der Waals surface area contributed by atoms with Crippen molar-refractivity contribution in [3.63, 3.8) is 0 Å². The van der Waals surface area contributed by atoms with Crippen LogP contribution in [0.15, 0.2) is 91.0 Å². The molecule has 0 radical (unpaired) electrons. The summed E-state index contributed by atoms with van der Waals surface area (Å²) in [6.07, 6.45) is 0. The molecular formula is C22H17ClN4O. The molecule has 5 nitrogen and oxygen atoms in total. The third-order valence-electron chi connectivity index (χ3n) is 4.09. The molecule has 28 heavy (non-hydrogen) atoms. The Balaban J connectivity index is 1.69. The number of nitrogens with one attached hydrogen (secondary N) is 2. The smallest absolute Gasteiger partial charge is 0.280 e. The molecule has 0 aliphatic heterocycles. The highest BCUT2D eigenvalue weighted by atomic mass is 35.5. The van der Waals surface area contributed by atoms with Gasteiger partial charge in [-0.25, -0.2) is 0 Å². The lowest BCUT2D eigenvalue weighted by molar-refractivity contribution is 0.0948. The van der Waals surface area contributed by atoms with Crippen LogP contribution in [-0.2, 0) is 0 Å². The van der Waals surface area contributed by atoms with Gasteiger partial charge in [0.2, 0.25) is 0 Å². The minimum atomic E-state index is -0.254. The lowest BCUT2D eigenvalue weighted by Gasteiger charge is -2.08. The molecule has 0 spiro atoms. The minimum Gasteiger partial charge on any atom is -0.340 e. The molecule has 2 N–H and O–H groups in total. The molecule has 4 rings (SSSR count). The Morgan fingerprint density at radius 1 is 0.786 bits per heavy atom. The fraction of sp³-hybridized carbons (Fsp3) is 0. The molecule has 4 aromatic rings. The molecule has 0 bridgehead atoms. The zero-order chi connectivity index (χ0) is 19.3. The molecule has 1 aromatic heterocycles. The van der Waals surface area contributed by atoms with Crippen molar-refractivity contribution in [1.82, 2.24) is 9.78 Å². The highest BCUT2D eigenvalue weighted by Gasteiger charge is 2.17. The third-order valence-corrected chi connectivity index (χ3v) is 4.34. The van der Waals surface area contributed by atoms with E-state index in [2.05, 4.69) is 15.7 Å². The van der Waals surface area contributed by atoms with Gasteiger partial charge < -0.3 is 10.6 Å². The number of benzene rings is 3. The summed E-state index contributed by atoms with van der Waals surface area (Å²) in [5, 5.41) is 11.5. The molecular weight excluding hydrogens is 372 g/mol. The van der Waals surface area contributed by atoms with Crippen molar-refractivity contribution in [1.29, 1.82) is 0 Å². The van der Waals surface area contributed by atoms with E-state index in [4.69, 9.17) is 11.6 Å². The van der Waals surface area contributed by atoms with E-state index < -0.39 is 0 Å². The molecule has 6 heteroatoms. The number of halogens is 1. The normalized spacial score (nSPS) is 10.5. The van der Waals surface area contributed by atoms with E-state index in [0.717, 1.165) is 11.4 Å². The van der Waals surface area contributed by atoms with Crippen molar-refractivity contribution in [2.45, 2.75) is 0 Å². The number of aromatic nitrogens is 2. The predicted octanol–water partition coefficient (Wildman–Crippen LogP) is 5.71. The molecule has 0 aliphatic carbocycles. The maximum absolute atomic E-state index is 13.0. The van der Waals surface area contributed by atoms with Crippen molar-refractivity contribution in [2.75, 3.05) is 10.6 Å². The van der Waals surface area contributed by atoms with Crippen LogP contribution in [0, 0.1) is 0 Å². The monoisotopic (exact) mass is 388 g/mol. The number of rotatable bonds is 5. The fourth-order valence-corrected chi connectivity index (χ4v) is 2.87. The van der Waals surface area contributed by atoms with Crippen molar-refractivity contribution in [2.24, 2.45) is 0 Å². The fourth-order valence-electron chi connectivity index (χ4n) is 2.74. The molecule has 0 unspecified atom stereocenters. The zero-order valence-corrected chi connectivity index (χ0v) is 15.6. The van der Waals surface area contributed by atoms with Crippen LogP contribution in [-0.4, -0.2) is 15.7 Å². The van der Waals surface area contributed by atoms with Gasteiger partial charge in [-0.15, -0.1) is 5.10 Å². The molecule has 0 amide bonds. The number of anilines is 4. The minimum absolute atomic E-state index is 0.254. The van der Waals surface area contributed by atoms with Crippen molar-refractivity contribution < 1.29 is 4.79 Å². The van der Waals surface area contributed by atoms with E-state index in [0.29, 0.717) is 22.2 Å². The summed E-state index contributed by atoms with van der Waals surface area (Å²) in [5.74, 6) is 0.868. The lowest BCUT2D eigenvalue weighted by Crippen LogP contribution is -2.16. The number of hydrogen-bond donors (Lipinski definition) is 2. The predicted molar refractivity (Wildman–Crippen MR) is 113 cm³/mol. The van der Waals surface area contributed by atoms with Crippen molar-refractivity contribution >= 4 is 40.5 Å². The van der Waals surface area contributed by atoms with Crippen molar-refractivity contribution in [3.05, 3.63) is 102 Å². The molecule has 3 aromatic carbocycles. The standard InChI is InChI=1S/C22H17ClN4O/c23-17-13-11-16(12-14-17)22(28)27-21(25-19-9-5-2-6-10-19)15-20(26-27)24-18-7-3-1-4-8-18/h1-15,25H,(H,24,26). The first-order valence-electron chi connectivity index (χ1n) is 8.73. The van der Waals surface area contributed by atoms with Gasteiger partial charge in [-0.1, -0.05) is 48.0 Å². The van der Waals surface area contributed by atoms with Gasteiger partial charge in [0.1, 0.15) is 5.82 Å². The second-order valence-corrected chi connectivity index (χ2v) is 6.56. The van der Waals surface area contributed by atoms with Gasteiger partial charge in [0.15, 0.2) is 5.82 Å². The zero-order valence-electron chi connectivity index (χ0n) is 14.8. The quantitative estimate of drug-likeness (QED) is 0.459. The third kappa shape index (κ3) is 4.05. The molecule has 138 valence electrons. The number of nitrogens with zero attached hydrogens (tertiary/aromatic N) is 2. The van der Waals surface area contributed by atoms with Crippen LogP contribution in [0.5, 0.6) is 0 Å². The van der Waals surface area contributed by atoms with E-state index in [-0.39, 0.29) is 5.91 Å². The molecule has 0 aliphatic rings. The van der Waals surface area contributed by atoms with Crippen LogP contribution in [0.1, 0.15) is 10.4 Å². The second kappa shape index (κ2) is 7.98. The van der Waals surface area contributed by atoms with E-state index in [1.807, 2.05) is 60.7 Å². The summed E-state index contributed by atoms with van der Waals surface area (Å²) in [6, 6.07) is 27.8. The SMILES string of the molecule is O=C(c1ccc(Cl)cc1)n1nc(Nc2ccccc2)cc1Nc1ccccc1. The highest BCUT2D eigenvalue weighted by Crippen LogP contribution is 2.24. The van der Waals surface area contributed by atoms with E-state index in [1.54, 1.807) is 30.3 Å². The van der Waals surface area contributed by atoms with Crippen LogP contribution >= 0.6 is 11.6 Å². The highest BCUT2D eigenvalue weighted by molar-refractivity contribution is 6.30. The van der Waals surface area contributed by atoms with Crippen LogP contribution in [0.25, 0.3) is 0 Å². The lowest BCUT2D eigenvalue weighted by atomic mass is 10.2. The Kier molecular flexibility index (Phi) is 5.08. The molecule has 0 fully saturated rings. The largest absolute Gasteiger partial charge is 0.340 e. The van der Waals surface area contributed by atoms with Crippen LogP contribution in [0.3, 0.4) is 0 Å². The second-order valence-electron chi connectivity index (χ2n) is 6.12. The van der Waals surface area contributed by atoms with Gasteiger partial charge >= 0.3 is 0 Å². The first kappa shape index (κ1) is 17.8. The average molecular weight is 389 g/mol. The summed E-state index contributed by atoms with van der Waals surface area (Å²) >= 11 is 5.94. The Hall–Kier alpha value is -3.57. The van der Waals surface area contributed by atoms with E-state index in [9.17, 15) is 4.79 Å². The van der Waals surface area contributed by atoms with E-state index in [1.165, 1.54) is 4.68 Å². The summed E-state index contributed by atoms with van der Waals surface area (Å²) < 4.78 is 1.35. The number of para-hydroxylation sites is 2. The van der Waals surface area contributed by atoms with E-state index >= 15 is 0 Å². The Morgan fingerprint density at radius 2 is 1.36 bits per heavy atom. The van der Waals surface area contributed by atoms with Gasteiger partial charge in [-0.05, 0) is 48.5 Å². The van der Waals surface area contributed by atoms with Crippen LogP contribution in [0.4, 0.5) is 23.0 Å². The van der Waals surface area contributed by atoms with Crippen molar-refractivity contribution in [3.8, 4) is 0 Å². The summed E-state index contributed by atoms with van der Waals surface area (Å²) in [6.45, 7) is 0. The number of carbonyl (C=O) groups excluding carboxylic acids is 1. The van der Waals surface area contributed by atoms with Gasteiger partial charge in [-0.2, -0.15) is 4.68 Å². The first-order chi connectivity index (χ1) is 13.7. The van der Waals surface area contributed by atoms with Gasteiger partial charge in [0.05, 0.1) is 0 Å². The van der Waals surface area contributed by atoms with Gasteiger partial charge in [0, 0.05) is 28.0 Å². The Morgan fingerprint density at radius 3 is 1.96 bits per heavy atom. The topological polar surface area (TPSA) is 59.0 Å². The maximum Gasteiger partial charge on any atom is 0.280 e. The Labute approximate surface area is 167 Å². The molecule has 1 heterocycles. The van der Waals surface area contributed by atoms with Crippen LogP contribution in [0.2, 0.25) is 5.02 Å². The number of carbonyl (C=O) groups is 1. The summed E-state index contributed by atoms with van der Waals surface area (Å²) in [4.78, 5) is 13.0. The number of hydrogen-bond acceptors (Lipinski definition) is 4. The molecule has 0 atom stereocenters. The first-order valence-corrected chi connectivity index (χ1v) is 9.11. The maximum atomic E-state index is 13.0. The average Bonchev–Trinajstić information content (AvgIpc) is 3.11. The summed E-state index contributed by atoms with van der Waals surface area (Å²) in [5.41, 5.74) is 2.24. The van der Waals surface area contributed by atoms with Gasteiger partial charge in [-0.3, -0.25) is 4.79 Å². The summed E-state index contributed by atoms with van der Waals surface area (Å²) in [7, 11) is 0. The Bertz CT molecular complexity index is 1080. The van der Waals surface area contributed by atoms with Crippen LogP contribution < -0.4 is 10.6 Å². The molecule has 0 saturated heterocycles. The van der Waals surface area contributed by atoms with Gasteiger partial charge in [0.25, 0.3) is 5.91 Å².